The number of ether oxygens (including phenoxy) is 1. The molecule has 4 heteroatoms. The highest BCUT2D eigenvalue weighted by molar-refractivity contribution is 5.59. The quantitative estimate of drug-likeness (QED) is 0.792. The van der Waals surface area contributed by atoms with Gasteiger partial charge in [-0.2, -0.15) is 5.10 Å². The van der Waals surface area contributed by atoms with Crippen molar-refractivity contribution in [3.63, 3.8) is 0 Å². The van der Waals surface area contributed by atoms with Crippen LogP contribution in [-0.2, 0) is 6.42 Å². The average molecular weight is 215 g/mol. The molecule has 0 unspecified atom stereocenters. The largest absolute Gasteiger partial charge is 0.490 e. The molecule has 0 saturated heterocycles. The van der Waals surface area contributed by atoms with E-state index in [-0.39, 0.29) is 6.10 Å². The lowest BCUT2D eigenvalue weighted by atomic mass is 10.1. The maximum absolute atomic E-state index is 5.65. The Morgan fingerprint density at radius 1 is 1.44 bits per heavy atom. The molecule has 2 aromatic rings. The van der Waals surface area contributed by atoms with E-state index < -0.39 is 0 Å². The zero-order chi connectivity index (χ0) is 11.1. The summed E-state index contributed by atoms with van der Waals surface area (Å²) in [5.41, 5.74) is 2.29. The van der Waals surface area contributed by atoms with Crippen molar-refractivity contribution in [3.8, 4) is 17.1 Å². The van der Waals surface area contributed by atoms with Gasteiger partial charge in [-0.15, -0.1) is 0 Å². The monoisotopic (exact) mass is 215 g/mol. The van der Waals surface area contributed by atoms with Gasteiger partial charge in [0, 0.05) is 12.0 Å². The predicted octanol–water partition coefficient (Wildman–Crippen LogP) is 2.10. The Kier molecular flexibility index (Phi) is 1.96. The lowest BCUT2D eigenvalue weighted by Crippen LogP contribution is -2.05. The minimum absolute atomic E-state index is 0.277. The lowest BCUT2D eigenvalue weighted by Gasteiger charge is -2.02. The molecular weight excluding hydrogens is 202 g/mol. The molecule has 0 amide bonds. The number of rotatable bonds is 1. The Morgan fingerprint density at radius 2 is 2.31 bits per heavy atom. The van der Waals surface area contributed by atoms with E-state index in [1.807, 2.05) is 19.1 Å². The number of hydrogen-bond donors (Lipinski definition) is 1. The summed E-state index contributed by atoms with van der Waals surface area (Å²) in [5.74, 6) is 2.57. The Hall–Kier alpha value is -1.84. The summed E-state index contributed by atoms with van der Waals surface area (Å²) < 4.78 is 5.65. The fourth-order valence-electron chi connectivity index (χ4n) is 2.03. The van der Waals surface area contributed by atoms with Gasteiger partial charge in [0.15, 0.2) is 5.82 Å². The number of fused-ring (bicyclic) bond motifs is 1. The minimum Gasteiger partial charge on any atom is -0.490 e. The van der Waals surface area contributed by atoms with E-state index in [9.17, 15) is 0 Å². The standard InChI is InChI=1S/C12H13N3O/c1-7-5-10-6-9(3-4-11(10)16-7)12-13-8(2)14-15-12/h3-4,6-7H,5H2,1-2H3,(H,13,14,15)/t7-/m0/s1. The molecule has 0 aliphatic carbocycles. The van der Waals surface area contributed by atoms with Crippen LogP contribution in [0.2, 0.25) is 0 Å². The maximum Gasteiger partial charge on any atom is 0.181 e. The van der Waals surface area contributed by atoms with E-state index in [0.29, 0.717) is 0 Å². The third kappa shape index (κ3) is 1.46. The van der Waals surface area contributed by atoms with Gasteiger partial charge in [0.2, 0.25) is 0 Å². The van der Waals surface area contributed by atoms with Crippen molar-refractivity contribution in [1.82, 2.24) is 15.2 Å². The van der Waals surface area contributed by atoms with Crippen LogP contribution in [0.15, 0.2) is 18.2 Å². The van der Waals surface area contributed by atoms with Gasteiger partial charge in [0.05, 0.1) is 0 Å². The summed E-state index contributed by atoms with van der Waals surface area (Å²) >= 11 is 0. The van der Waals surface area contributed by atoms with Crippen LogP contribution in [0, 0.1) is 6.92 Å². The predicted molar refractivity (Wildman–Crippen MR) is 60.3 cm³/mol. The summed E-state index contributed by atoms with van der Waals surface area (Å²) in [4.78, 5) is 4.32. The Morgan fingerprint density at radius 3 is 3.06 bits per heavy atom. The smallest absolute Gasteiger partial charge is 0.181 e. The molecule has 1 N–H and O–H groups in total. The van der Waals surface area contributed by atoms with Gasteiger partial charge in [-0.1, -0.05) is 0 Å². The summed E-state index contributed by atoms with van der Waals surface area (Å²) in [6.45, 7) is 3.98. The maximum atomic E-state index is 5.65. The SMILES string of the molecule is Cc1nc(-c2ccc3c(c2)C[C@H](C)O3)n[nH]1. The first-order valence-corrected chi connectivity index (χ1v) is 5.41. The third-order valence-corrected chi connectivity index (χ3v) is 2.75. The van der Waals surface area contributed by atoms with Crippen LogP contribution >= 0.6 is 0 Å². The molecular formula is C12H13N3O. The number of nitrogens with one attached hydrogen (secondary N) is 1. The molecule has 16 heavy (non-hydrogen) atoms. The molecule has 82 valence electrons. The molecule has 0 saturated carbocycles. The summed E-state index contributed by atoms with van der Waals surface area (Å²) in [6, 6.07) is 6.11. The van der Waals surface area contributed by atoms with Crippen molar-refractivity contribution in [2.24, 2.45) is 0 Å². The van der Waals surface area contributed by atoms with Crippen LogP contribution in [0.4, 0.5) is 0 Å². The van der Waals surface area contributed by atoms with Gasteiger partial charge >= 0.3 is 0 Å². The van der Waals surface area contributed by atoms with Crippen molar-refractivity contribution >= 4 is 0 Å². The first-order chi connectivity index (χ1) is 7.72. The zero-order valence-corrected chi connectivity index (χ0v) is 9.32. The Bertz CT molecular complexity index is 533. The highest BCUT2D eigenvalue weighted by atomic mass is 16.5. The van der Waals surface area contributed by atoms with Crippen molar-refractivity contribution in [3.05, 3.63) is 29.6 Å². The third-order valence-electron chi connectivity index (χ3n) is 2.75. The number of aryl methyl sites for hydroxylation is 1. The normalized spacial score (nSPS) is 18.2. The van der Waals surface area contributed by atoms with Crippen LogP contribution in [0.25, 0.3) is 11.4 Å². The second kappa shape index (κ2) is 3.33. The Balaban J connectivity index is 2.02. The zero-order valence-electron chi connectivity index (χ0n) is 9.32. The van der Waals surface area contributed by atoms with Crippen LogP contribution in [0.3, 0.4) is 0 Å². The molecule has 1 aliphatic heterocycles. The molecule has 1 aromatic carbocycles. The molecule has 3 rings (SSSR count). The van der Waals surface area contributed by atoms with Gasteiger partial charge in [0.25, 0.3) is 0 Å². The van der Waals surface area contributed by atoms with Crippen molar-refractivity contribution in [2.45, 2.75) is 26.4 Å². The minimum atomic E-state index is 0.277. The number of nitrogens with zero attached hydrogens (tertiary/aromatic N) is 2. The number of aromatic amines is 1. The molecule has 4 nitrogen and oxygen atoms in total. The molecule has 1 atom stereocenters. The van der Waals surface area contributed by atoms with Crippen molar-refractivity contribution < 1.29 is 4.74 Å². The number of benzene rings is 1. The van der Waals surface area contributed by atoms with Crippen molar-refractivity contribution in [2.75, 3.05) is 0 Å². The van der Waals surface area contributed by atoms with Crippen LogP contribution < -0.4 is 4.74 Å². The van der Waals surface area contributed by atoms with Gasteiger partial charge in [-0.05, 0) is 37.6 Å². The highest BCUT2D eigenvalue weighted by Gasteiger charge is 2.19. The fraction of sp³-hybridized carbons (Fsp3) is 0.333. The second-order valence-corrected chi connectivity index (χ2v) is 4.20. The molecule has 0 spiro atoms. The van der Waals surface area contributed by atoms with Gasteiger partial charge in [-0.25, -0.2) is 4.98 Å². The molecule has 0 fully saturated rings. The molecule has 0 radical (unpaired) electrons. The topological polar surface area (TPSA) is 50.8 Å². The highest BCUT2D eigenvalue weighted by Crippen LogP contribution is 2.31. The molecule has 1 aromatic heterocycles. The number of H-pyrrole nitrogens is 1. The first-order valence-electron chi connectivity index (χ1n) is 5.41. The average Bonchev–Trinajstić information content (AvgIpc) is 2.81. The van der Waals surface area contributed by atoms with Gasteiger partial charge in [0.1, 0.15) is 17.7 Å². The fourth-order valence-corrected chi connectivity index (χ4v) is 2.03. The van der Waals surface area contributed by atoms with Crippen LogP contribution in [0.1, 0.15) is 18.3 Å². The van der Waals surface area contributed by atoms with Gasteiger partial charge < -0.3 is 4.74 Å². The summed E-state index contributed by atoms with van der Waals surface area (Å²) in [5, 5.41) is 7.00. The van der Waals surface area contributed by atoms with E-state index in [1.54, 1.807) is 0 Å². The van der Waals surface area contributed by atoms with Crippen molar-refractivity contribution in [1.29, 1.82) is 0 Å². The van der Waals surface area contributed by atoms with Crippen LogP contribution in [-0.4, -0.2) is 21.3 Å². The Labute approximate surface area is 93.7 Å². The lowest BCUT2D eigenvalue weighted by molar-refractivity contribution is 0.254. The van der Waals surface area contributed by atoms with E-state index >= 15 is 0 Å². The van der Waals surface area contributed by atoms with E-state index in [0.717, 1.165) is 29.4 Å². The molecule has 0 bridgehead atoms. The van der Waals surface area contributed by atoms with E-state index in [2.05, 4.69) is 28.2 Å². The molecule has 2 heterocycles. The van der Waals surface area contributed by atoms with Crippen LogP contribution in [0.5, 0.6) is 5.75 Å². The summed E-state index contributed by atoms with van der Waals surface area (Å²) in [6.07, 6.45) is 1.24. The summed E-state index contributed by atoms with van der Waals surface area (Å²) in [7, 11) is 0. The molecule has 1 aliphatic rings. The van der Waals surface area contributed by atoms with E-state index in [1.165, 1.54) is 5.56 Å². The van der Waals surface area contributed by atoms with Gasteiger partial charge in [-0.3, -0.25) is 5.10 Å². The van der Waals surface area contributed by atoms with E-state index in [4.69, 9.17) is 4.74 Å². The number of hydrogen-bond acceptors (Lipinski definition) is 3. The first kappa shape index (κ1) is 9.39. The second-order valence-electron chi connectivity index (χ2n) is 4.20. The number of aromatic nitrogens is 3.